The Hall–Kier alpha value is -3.80. The van der Waals surface area contributed by atoms with Crippen LogP contribution in [0.25, 0.3) is 0 Å². The Kier molecular flexibility index (Phi) is 5.89. The van der Waals surface area contributed by atoms with E-state index in [4.69, 9.17) is 9.47 Å². The number of carbonyl (C=O) groups is 2. The highest BCUT2D eigenvalue weighted by Crippen LogP contribution is 2.39. The summed E-state index contributed by atoms with van der Waals surface area (Å²) in [5.41, 5.74) is 2.82. The second-order valence-electron chi connectivity index (χ2n) is 7.41. The fourth-order valence-corrected chi connectivity index (χ4v) is 3.65. The highest BCUT2D eigenvalue weighted by molar-refractivity contribution is 6.07. The van der Waals surface area contributed by atoms with E-state index in [2.05, 4.69) is 5.32 Å². The molecule has 1 saturated heterocycles. The SMILES string of the molecule is COc1ccc([C@H]2[C@@H](NC(=O)COc3ccccc3)C(=O)N2c2ccc(C)cc2)cc1. The molecule has 0 aromatic heterocycles. The Balaban J connectivity index is 1.52. The van der Waals surface area contributed by atoms with E-state index in [1.54, 1.807) is 24.1 Å². The van der Waals surface area contributed by atoms with Crippen LogP contribution < -0.4 is 19.7 Å². The minimum absolute atomic E-state index is 0.155. The Morgan fingerprint density at radius 1 is 0.935 bits per heavy atom. The topological polar surface area (TPSA) is 67.9 Å². The molecule has 3 aromatic rings. The number of hydrogen-bond donors (Lipinski definition) is 1. The van der Waals surface area contributed by atoms with Crippen LogP contribution in [-0.2, 0) is 9.59 Å². The standard InChI is InChI=1S/C25H24N2O4/c1-17-8-12-19(13-9-17)27-24(18-10-14-20(30-2)15-11-18)23(25(27)29)26-22(28)16-31-21-6-4-3-5-7-21/h3-15,23-24H,16H2,1-2H3,(H,26,28)/t23-,24+/m1/s1. The number of para-hydroxylation sites is 1. The first kappa shape index (κ1) is 20.5. The highest BCUT2D eigenvalue weighted by Gasteiger charge is 2.49. The van der Waals surface area contributed by atoms with Crippen molar-refractivity contribution in [1.29, 1.82) is 0 Å². The van der Waals surface area contributed by atoms with Gasteiger partial charge < -0.3 is 19.7 Å². The van der Waals surface area contributed by atoms with E-state index in [9.17, 15) is 9.59 Å². The summed E-state index contributed by atoms with van der Waals surface area (Å²) in [5, 5.41) is 2.84. The van der Waals surface area contributed by atoms with Gasteiger partial charge in [-0.3, -0.25) is 9.59 Å². The Morgan fingerprint density at radius 2 is 1.61 bits per heavy atom. The van der Waals surface area contributed by atoms with Crippen LogP contribution in [0.15, 0.2) is 78.9 Å². The quantitative estimate of drug-likeness (QED) is 0.597. The molecule has 6 heteroatoms. The summed E-state index contributed by atoms with van der Waals surface area (Å²) in [6.07, 6.45) is 0. The highest BCUT2D eigenvalue weighted by atomic mass is 16.5. The van der Waals surface area contributed by atoms with Crippen molar-refractivity contribution in [3.63, 3.8) is 0 Å². The van der Waals surface area contributed by atoms with E-state index in [0.29, 0.717) is 5.75 Å². The number of nitrogens with one attached hydrogen (secondary N) is 1. The van der Waals surface area contributed by atoms with Crippen LogP contribution in [-0.4, -0.2) is 31.6 Å². The predicted octanol–water partition coefficient (Wildman–Crippen LogP) is 3.66. The maximum absolute atomic E-state index is 13.0. The van der Waals surface area contributed by atoms with Gasteiger partial charge in [0.25, 0.3) is 11.8 Å². The lowest BCUT2D eigenvalue weighted by atomic mass is 9.87. The zero-order valence-corrected chi connectivity index (χ0v) is 17.4. The number of amides is 2. The number of benzene rings is 3. The molecule has 1 aliphatic heterocycles. The molecule has 1 heterocycles. The van der Waals surface area contributed by atoms with Gasteiger partial charge in [0.1, 0.15) is 17.5 Å². The van der Waals surface area contributed by atoms with Crippen molar-refractivity contribution in [2.75, 3.05) is 18.6 Å². The van der Waals surface area contributed by atoms with E-state index >= 15 is 0 Å². The average Bonchev–Trinajstić information content (AvgIpc) is 2.81. The minimum atomic E-state index is -0.665. The normalized spacial score (nSPS) is 17.6. The van der Waals surface area contributed by atoms with E-state index in [0.717, 1.165) is 22.6 Å². The van der Waals surface area contributed by atoms with Crippen LogP contribution in [0.2, 0.25) is 0 Å². The molecule has 4 rings (SSSR count). The van der Waals surface area contributed by atoms with Crippen molar-refractivity contribution in [2.24, 2.45) is 0 Å². The second-order valence-corrected chi connectivity index (χ2v) is 7.41. The molecule has 0 aliphatic carbocycles. The molecule has 1 N–H and O–H groups in total. The number of rotatable bonds is 7. The van der Waals surface area contributed by atoms with Crippen LogP contribution in [0, 0.1) is 6.92 Å². The second kappa shape index (κ2) is 8.92. The van der Waals surface area contributed by atoms with Crippen molar-refractivity contribution < 1.29 is 19.1 Å². The molecular weight excluding hydrogens is 392 g/mol. The van der Waals surface area contributed by atoms with E-state index < -0.39 is 6.04 Å². The first-order valence-electron chi connectivity index (χ1n) is 10.1. The zero-order chi connectivity index (χ0) is 21.8. The summed E-state index contributed by atoms with van der Waals surface area (Å²) in [6, 6.07) is 23.4. The summed E-state index contributed by atoms with van der Waals surface area (Å²) < 4.78 is 10.8. The number of aryl methyl sites for hydroxylation is 1. The molecular formula is C25H24N2O4. The van der Waals surface area contributed by atoms with Crippen molar-refractivity contribution in [1.82, 2.24) is 5.32 Å². The maximum Gasteiger partial charge on any atom is 0.258 e. The Bertz CT molecular complexity index is 1050. The summed E-state index contributed by atoms with van der Waals surface area (Å²) in [4.78, 5) is 27.2. The van der Waals surface area contributed by atoms with Gasteiger partial charge in [-0.15, -0.1) is 0 Å². The maximum atomic E-state index is 13.0. The van der Waals surface area contributed by atoms with Gasteiger partial charge in [-0.1, -0.05) is 48.0 Å². The third-order valence-corrected chi connectivity index (χ3v) is 5.30. The average molecular weight is 416 g/mol. The summed E-state index contributed by atoms with van der Waals surface area (Å²) in [5.74, 6) is 0.834. The third-order valence-electron chi connectivity index (χ3n) is 5.30. The van der Waals surface area contributed by atoms with Crippen molar-refractivity contribution in [3.05, 3.63) is 90.0 Å². The first-order valence-corrected chi connectivity index (χ1v) is 10.1. The lowest BCUT2D eigenvalue weighted by molar-refractivity contribution is -0.133. The molecule has 3 aromatic carbocycles. The lowest BCUT2D eigenvalue weighted by Gasteiger charge is -2.47. The number of carbonyl (C=O) groups excluding carboxylic acids is 2. The van der Waals surface area contributed by atoms with Crippen LogP contribution in [0.4, 0.5) is 5.69 Å². The third kappa shape index (κ3) is 4.38. The smallest absolute Gasteiger partial charge is 0.258 e. The van der Waals surface area contributed by atoms with Gasteiger partial charge in [0, 0.05) is 5.69 Å². The molecule has 1 aliphatic rings. The number of nitrogens with zero attached hydrogens (tertiary/aromatic N) is 1. The molecule has 1 fully saturated rings. The summed E-state index contributed by atoms with van der Waals surface area (Å²) >= 11 is 0. The summed E-state index contributed by atoms with van der Waals surface area (Å²) in [6.45, 7) is 1.84. The van der Waals surface area contributed by atoms with E-state index in [1.807, 2.05) is 73.7 Å². The molecule has 2 atom stereocenters. The molecule has 6 nitrogen and oxygen atoms in total. The number of methoxy groups -OCH3 is 1. The molecule has 0 radical (unpaired) electrons. The number of ether oxygens (including phenoxy) is 2. The first-order chi connectivity index (χ1) is 15.1. The van der Waals surface area contributed by atoms with Gasteiger partial charge in [0.15, 0.2) is 6.61 Å². The molecule has 0 unspecified atom stereocenters. The number of β-lactam (4-membered cyclic amide) rings is 1. The van der Waals surface area contributed by atoms with Crippen molar-refractivity contribution in [2.45, 2.75) is 19.0 Å². The van der Waals surface area contributed by atoms with Gasteiger partial charge in [-0.25, -0.2) is 0 Å². The monoisotopic (exact) mass is 416 g/mol. The Morgan fingerprint density at radius 3 is 2.26 bits per heavy atom. The number of anilines is 1. The van der Waals surface area contributed by atoms with Gasteiger partial charge in [-0.05, 0) is 48.9 Å². The van der Waals surface area contributed by atoms with Crippen LogP contribution >= 0.6 is 0 Å². The molecule has 158 valence electrons. The molecule has 2 amide bonds. The van der Waals surface area contributed by atoms with Crippen LogP contribution in [0.3, 0.4) is 0 Å². The van der Waals surface area contributed by atoms with E-state index in [-0.39, 0.29) is 24.5 Å². The molecule has 0 spiro atoms. The van der Waals surface area contributed by atoms with Gasteiger partial charge >= 0.3 is 0 Å². The molecule has 31 heavy (non-hydrogen) atoms. The number of hydrogen-bond acceptors (Lipinski definition) is 4. The van der Waals surface area contributed by atoms with Gasteiger partial charge in [0.05, 0.1) is 13.2 Å². The van der Waals surface area contributed by atoms with Gasteiger partial charge in [-0.2, -0.15) is 0 Å². The Labute approximate surface area is 181 Å². The van der Waals surface area contributed by atoms with Crippen LogP contribution in [0.5, 0.6) is 11.5 Å². The van der Waals surface area contributed by atoms with E-state index in [1.165, 1.54) is 0 Å². The largest absolute Gasteiger partial charge is 0.497 e. The van der Waals surface area contributed by atoms with Gasteiger partial charge in [0.2, 0.25) is 0 Å². The fraction of sp³-hybridized carbons (Fsp3) is 0.200. The lowest BCUT2D eigenvalue weighted by Crippen LogP contribution is -2.66. The van der Waals surface area contributed by atoms with Crippen LogP contribution in [0.1, 0.15) is 17.2 Å². The van der Waals surface area contributed by atoms with Crippen molar-refractivity contribution >= 4 is 17.5 Å². The zero-order valence-electron chi connectivity index (χ0n) is 17.4. The molecule has 0 saturated carbocycles. The fourth-order valence-electron chi connectivity index (χ4n) is 3.65. The molecule has 0 bridgehead atoms. The minimum Gasteiger partial charge on any atom is -0.497 e. The predicted molar refractivity (Wildman–Crippen MR) is 118 cm³/mol. The summed E-state index contributed by atoms with van der Waals surface area (Å²) in [7, 11) is 1.61. The van der Waals surface area contributed by atoms with Crippen molar-refractivity contribution in [3.8, 4) is 11.5 Å².